The average molecular weight is 630 g/mol. The molecule has 8 N–H and O–H groups in total. The Morgan fingerprint density at radius 1 is 1.07 bits per heavy atom. The van der Waals surface area contributed by atoms with Crippen LogP contribution in [-0.2, 0) is 39.9 Å². The largest absolute Gasteiger partial charge is 0.481 e. The van der Waals surface area contributed by atoms with E-state index in [0.717, 1.165) is 11.5 Å². The fourth-order valence-electron chi connectivity index (χ4n) is 3.48. The molecule has 17 nitrogen and oxygen atoms in total. The third kappa shape index (κ3) is 12.4. The van der Waals surface area contributed by atoms with Gasteiger partial charge in [-0.15, -0.1) is 0 Å². The molecular weight excluding hydrogens is 589 g/mol. The second-order valence-electron chi connectivity index (χ2n) is 11.4. The van der Waals surface area contributed by atoms with E-state index in [1.165, 1.54) is 26.4 Å². The molecule has 0 saturated carbocycles. The number of carbonyl (C=O) groups excluding carboxylic acids is 6. The van der Waals surface area contributed by atoms with E-state index in [4.69, 9.17) is 15.6 Å². The standard InChI is InChI=1S/C26H40FN7O10/c1-13(35)19(20(27)39)32-17(36)11-30-22(41)16(7-8-18(37)38)31-23(42)26(5,6)33-21(40)15(28)9-14-10-29-12-34(14)24(43)44-25(2,3)4/h10,12-13,15-16,19,35H,7-9,11,28H2,1-6H3,(H,30,41)(H,31,42)(H,32,36)(H,33,40)(H,37,38)/t13-,15+,16+,19+/m1/s1. The Kier molecular flexibility index (Phi) is 13.5. The van der Waals surface area contributed by atoms with Crippen molar-refractivity contribution in [3.05, 3.63) is 18.2 Å². The number of imidazole rings is 1. The molecule has 44 heavy (non-hydrogen) atoms. The van der Waals surface area contributed by atoms with E-state index in [2.05, 4.69) is 20.9 Å². The van der Waals surface area contributed by atoms with Gasteiger partial charge in [-0.3, -0.25) is 28.8 Å². The van der Waals surface area contributed by atoms with Crippen molar-refractivity contribution in [2.24, 2.45) is 5.73 Å². The van der Waals surface area contributed by atoms with Crippen LogP contribution in [0.4, 0.5) is 9.18 Å². The molecule has 0 aromatic carbocycles. The van der Waals surface area contributed by atoms with Gasteiger partial charge in [0.05, 0.1) is 24.4 Å². The molecule has 18 heteroatoms. The van der Waals surface area contributed by atoms with Crippen molar-refractivity contribution in [2.75, 3.05) is 6.54 Å². The van der Waals surface area contributed by atoms with Crippen LogP contribution < -0.4 is 27.0 Å². The molecule has 1 heterocycles. The molecule has 1 aromatic heterocycles. The highest BCUT2D eigenvalue weighted by atomic mass is 19.1. The zero-order chi connectivity index (χ0) is 34.0. The molecule has 0 bridgehead atoms. The second kappa shape index (κ2) is 15.9. The van der Waals surface area contributed by atoms with Gasteiger partial charge in [0.1, 0.15) is 29.6 Å². The van der Waals surface area contributed by atoms with Crippen molar-refractivity contribution in [2.45, 2.75) is 96.2 Å². The van der Waals surface area contributed by atoms with Crippen LogP contribution >= 0.6 is 0 Å². The number of rotatable bonds is 15. The second-order valence-corrected chi connectivity index (χ2v) is 11.4. The molecule has 4 amide bonds. The van der Waals surface area contributed by atoms with Crippen LogP contribution in [0.1, 0.15) is 60.1 Å². The summed E-state index contributed by atoms with van der Waals surface area (Å²) in [5.74, 6) is -5.05. The monoisotopic (exact) mass is 629 g/mol. The van der Waals surface area contributed by atoms with Crippen LogP contribution in [0, 0.1) is 0 Å². The van der Waals surface area contributed by atoms with Crippen molar-refractivity contribution >= 4 is 41.7 Å². The molecule has 0 saturated heterocycles. The topological polar surface area (TPSA) is 261 Å². The summed E-state index contributed by atoms with van der Waals surface area (Å²) in [5, 5.41) is 27.2. The average Bonchev–Trinajstić information content (AvgIpc) is 3.34. The number of ether oxygens (including phenoxy) is 1. The number of aliphatic hydroxyl groups excluding tert-OH is 1. The lowest BCUT2D eigenvalue weighted by Gasteiger charge is -2.29. The zero-order valence-corrected chi connectivity index (χ0v) is 25.3. The van der Waals surface area contributed by atoms with E-state index in [1.54, 1.807) is 20.8 Å². The van der Waals surface area contributed by atoms with Gasteiger partial charge in [0.25, 0.3) is 0 Å². The van der Waals surface area contributed by atoms with E-state index < -0.39 is 96.5 Å². The highest BCUT2D eigenvalue weighted by Gasteiger charge is 2.35. The first-order valence-electron chi connectivity index (χ1n) is 13.4. The Balaban J connectivity index is 2.89. The molecule has 1 rings (SSSR count). The lowest BCUT2D eigenvalue weighted by atomic mass is 10.0. The van der Waals surface area contributed by atoms with Gasteiger partial charge in [-0.25, -0.2) is 14.3 Å². The molecular formula is C26H40FN7O10. The minimum absolute atomic E-state index is 0.168. The van der Waals surface area contributed by atoms with Gasteiger partial charge in [0, 0.05) is 19.0 Å². The number of amides is 4. The van der Waals surface area contributed by atoms with Crippen molar-refractivity contribution in [1.82, 2.24) is 30.8 Å². The van der Waals surface area contributed by atoms with Gasteiger partial charge < -0.3 is 42.0 Å². The molecule has 0 radical (unpaired) electrons. The molecule has 0 aliphatic rings. The third-order valence-electron chi connectivity index (χ3n) is 5.81. The highest BCUT2D eigenvalue weighted by molar-refractivity contribution is 5.96. The number of aromatic nitrogens is 2. The van der Waals surface area contributed by atoms with Gasteiger partial charge in [-0.05, 0) is 48.0 Å². The Morgan fingerprint density at radius 2 is 1.68 bits per heavy atom. The summed E-state index contributed by atoms with van der Waals surface area (Å²) < 4.78 is 19.4. The SMILES string of the molecule is C[C@@H](O)[C@H](NC(=O)CNC(=O)[C@H](CCC(=O)O)NC(=O)C(C)(C)NC(=O)[C@@H](N)Cc1cncn1C(=O)OC(C)(C)C)C(=O)F. The number of hydrogen-bond acceptors (Lipinski definition) is 11. The normalized spacial score (nSPS) is 14.3. The van der Waals surface area contributed by atoms with Gasteiger partial charge >= 0.3 is 18.1 Å². The number of nitrogens with one attached hydrogen (secondary N) is 4. The van der Waals surface area contributed by atoms with E-state index >= 15 is 0 Å². The van der Waals surface area contributed by atoms with Crippen LogP contribution in [0.3, 0.4) is 0 Å². The number of aliphatic hydroxyl groups is 1. The summed E-state index contributed by atoms with van der Waals surface area (Å²) in [6.45, 7) is 7.86. The van der Waals surface area contributed by atoms with Crippen LogP contribution in [0.2, 0.25) is 0 Å². The van der Waals surface area contributed by atoms with E-state index in [1.807, 2.05) is 5.32 Å². The van der Waals surface area contributed by atoms with Gasteiger partial charge in [0.15, 0.2) is 0 Å². The molecule has 4 atom stereocenters. The first-order chi connectivity index (χ1) is 20.1. The minimum Gasteiger partial charge on any atom is -0.481 e. The minimum atomic E-state index is -2.01. The third-order valence-corrected chi connectivity index (χ3v) is 5.81. The van der Waals surface area contributed by atoms with Gasteiger partial charge in [0.2, 0.25) is 23.6 Å². The van der Waals surface area contributed by atoms with Crippen LogP contribution in [0.25, 0.3) is 0 Å². The summed E-state index contributed by atoms with van der Waals surface area (Å²) in [6.07, 6.45) is -0.922. The molecule has 246 valence electrons. The van der Waals surface area contributed by atoms with Crippen molar-refractivity contribution in [3.8, 4) is 0 Å². The summed E-state index contributed by atoms with van der Waals surface area (Å²) in [7, 11) is 0. The maximum Gasteiger partial charge on any atom is 0.420 e. The Morgan fingerprint density at radius 3 is 2.20 bits per heavy atom. The van der Waals surface area contributed by atoms with Crippen molar-refractivity contribution in [3.63, 3.8) is 0 Å². The highest BCUT2D eigenvalue weighted by Crippen LogP contribution is 2.12. The molecule has 0 fully saturated rings. The number of nitrogens with zero attached hydrogens (tertiary/aromatic N) is 2. The lowest BCUT2D eigenvalue weighted by Crippen LogP contribution is -2.61. The van der Waals surface area contributed by atoms with Gasteiger partial charge in [-0.1, -0.05) is 0 Å². The Hall–Kier alpha value is -4.45. The number of carboxylic acids is 1. The van der Waals surface area contributed by atoms with Crippen LogP contribution in [-0.4, -0.2) is 103 Å². The smallest absolute Gasteiger partial charge is 0.420 e. The number of nitrogens with two attached hydrogens (primary N) is 1. The summed E-state index contributed by atoms with van der Waals surface area (Å²) in [5.41, 5.74) is 3.79. The predicted octanol–water partition coefficient (Wildman–Crippen LogP) is -1.74. The first-order valence-corrected chi connectivity index (χ1v) is 13.4. The lowest BCUT2D eigenvalue weighted by molar-refractivity contribution is -0.138. The van der Waals surface area contributed by atoms with E-state index in [0.29, 0.717) is 0 Å². The number of aliphatic carboxylic acids is 1. The van der Waals surface area contributed by atoms with Crippen molar-refractivity contribution in [1.29, 1.82) is 0 Å². The summed E-state index contributed by atoms with van der Waals surface area (Å²) in [4.78, 5) is 89.0. The molecule has 0 unspecified atom stereocenters. The maximum atomic E-state index is 13.1. The maximum absolute atomic E-state index is 13.1. The quantitative estimate of drug-likeness (QED) is 0.107. The summed E-state index contributed by atoms with van der Waals surface area (Å²) in [6, 6.07) is -6.62. The molecule has 1 aromatic rings. The van der Waals surface area contributed by atoms with Gasteiger partial charge in [-0.2, -0.15) is 4.39 Å². The number of halogens is 1. The van der Waals surface area contributed by atoms with Crippen LogP contribution in [0.5, 0.6) is 0 Å². The fourth-order valence-corrected chi connectivity index (χ4v) is 3.48. The number of carbonyl (C=O) groups is 7. The summed E-state index contributed by atoms with van der Waals surface area (Å²) >= 11 is 0. The molecule has 0 spiro atoms. The zero-order valence-electron chi connectivity index (χ0n) is 25.3. The van der Waals surface area contributed by atoms with Crippen LogP contribution in [0.15, 0.2) is 12.5 Å². The Bertz CT molecular complexity index is 1240. The van der Waals surface area contributed by atoms with E-state index in [-0.39, 0.29) is 12.1 Å². The fraction of sp³-hybridized carbons (Fsp3) is 0.615. The van der Waals surface area contributed by atoms with E-state index in [9.17, 15) is 43.1 Å². The number of carboxylic acid groups (broad SMARTS) is 1. The predicted molar refractivity (Wildman–Crippen MR) is 149 cm³/mol. The first kappa shape index (κ1) is 37.6. The van der Waals surface area contributed by atoms with Crippen molar-refractivity contribution < 1.29 is 52.9 Å². The number of hydrogen-bond donors (Lipinski definition) is 7. The Labute approximate surface area is 252 Å². The molecule has 0 aliphatic carbocycles. The molecule has 0 aliphatic heterocycles.